The maximum Gasteiger partial charge on any atom is 0.133 e. The molecule has 1 aromatic carbocycles. The van der Waals surface area contributed by atoms with Gasteiger partial charge in [0.25, 0.3) is 0 Å². The molecule has 0 unspecified atom stereocenters. The highest BCUT2D eigenvalue weighted by Gasteiger charge is 2.05. The van der Waals surface area contributed by atoms with Crippen LogP contribution in [0.2, 0.25) is 0 Å². The van der Waals surface area contributed by atoms with Crippen LogP contribution in [0.5, 0.6) is 5.75 Å². The van der Waals surface area contributed by atoms with E-state index in [0.717, 1.165) is 35.4 Å². The lowest BCUT2D eigenvalue weighted by atomic mass is 10.1. The van der Waals surface area contributed by atoms with Gasteiger partial charge >= 0.3 is 0 Å². The van der Waals surface area contributed by atoms with E-state index in [2.05, 4.69) is 34.9 Å². The van der Waals surface area contributed by atoms with Gasteiger partial charge in [0.2, 0.25) is 0 Å². The minimum absolute atomic E-state index is 0.0501. The van der Waals surface area contributed by atoms with Crippen molar-refractivity contribution in [3.8, 4) is 5.75 Å². The molecule has 96 valence electrons. The fraction of sp³-hybridized carbons (Fsp3) is 0.538. The van der Waals surface area contributed by atoms with Gasteiger partial charge in [-0.25, -0.2) is 0 Å². The van der Waals surface area contributed by atoms with Gasteiger partial charge in [-0.3, -0.25) is 0 Å². The largest absolute Gasteiger partial charge is 0.492 e. The highest BCUT2D eigenvalue weighted by atomic mass is 79.9. The van der Waals surface area contributed by atoms with Crippen LogP contribution in [0.25, 0.3) is 0 Å². The zero-order chi connectivity index (χ0) is 12.8. The number of hydrogen-bond acceptors (Lipinski definition) is 3. The average molecular weight is 301 g/mol. The maximum absolute atomic E-state index is 5.82. The van der Waals surface area contributed by atoms with E-state index in [0.29, 0.717) is 0 Å². The van der Waals surface area contributed by atoms with Gasteiger partial charge in [0.15, 0.2) is 0 Å². The molecule has 0 radical (unpaired) electrons. The Morgan fingerprint density at radius 1 is 1.41 bits per heavy atom. The van der Waals surface area contributed by atoms with Crippen LogP contribution < -0.4 is 10.5 Å². The van der Waals surface area contributed by atoms with E-state index in [1.807, 2.05) is 25.1 Å². The molecular weight excluding hydrogens is 280 g/mol. The Bertz CT molecular complexity index is 353. The highest BCUT2D eigenvalue weighted by molar-refractivity contribution is 9.10. The van der Waals surface area contributed by atoms with Crippen LogP contribution in [0.15, 0.2) is 22.7 Å². The lowest BCUT2D eigenvalue weighted by molar-refractivity contribution is 0.280. The lowest BCUT2D eigenvalue weighted by Crippen LogP contribution is -2.15. The molecule has 2 N–H and O–H groups in total. The Hall–Kier alpha value is -0.580. The average Bonchev–Trinajstić information content (AvgIpc) is 2.25. The Morgan fingerprint density at radius 3 is 2.65 bits per heavy atom. The summed E-state index contributed by atoms with van der Waals surface area (Å²) in [5, 5.41) is 0. The molecule has 0 saturated carbocycles. The number of halogens is 1. The first kappa shape index (κ1) is 14.5. The van der Waals surface area contributed by atoms with Crippen LogP contribution in [-0.2, 0) is 0 Å². The molecule has 17 heavy (non-hydrogen) atoms. The summed E-state index contributed by atoms with van der Waals surface area (Å²) in [7, 11) is 4.13. The van der Waals surface area contributed by atoms with E-state index < -0.39 is 0 Å². The van der Waals surface area contributed by atoms with E-state index in [9.17, 15) is 0 Å². The second kappa shape index (κ2) is 6.99. The lowest BCUT2D eigenvalue weighted by Gasteiger charge is -2.13. The van der Waals surface area contributed by atoms with Crippen LogP contribution >= 0.6 is 15.9 Å². The van der Waals surface area contributed by atoms with Gasteiger partial charge in [-0.15, -0.1) is 0 Å². The van der Waals surface area contributed by atoms with Crippen molar-refractivity contribution in [3.63, 3.8) is 0 Å². The number of benzene rings is 1. The molecule has 0 saturated heterocycles. The summed E-state index contributed by atoms with van der Waals surface area (Å²) in [6, 6.07) is 6.05. The molecule has 0 aliphatic rings. The van der Waals surface area contributed by atoms with Crippen LogP contribution in [0.4, 0.5) is 0 Å². The van der Waals surface area contributed by atoms with Crippen molar-refractivity contribution < 1.29 is 4.74 Å². The van der Waals surface area contributed by atoms with Crippen molar-refractivity contribution >= 4 is 15.9 Å². The van der Waals surface area contributed by atoms with Crippen molar-refractivity contribution in [1.29, 1.82) is 0 Å². The fourth-order valence-electron chi connectivity index (χ4n) is 1.48. The molecule has 0 aromatic heterocycles. The van der Waals surface area contributed by atoms with Crippen molar-refractivity contribution in [2.45, 2.75) is 19.4 Å². The van der Waals surface area contributed by atoms with Crippen molar-refractivity contribution in [2.24, 2.45) is 5.73 Å². The third kappa shape index (κ3) is 5.06. The smallest absolute Gasteiger partial charge is 0.133 e. The third-order valence-corrected chi connectivity index (χ3v) is 3.11. The molecule has 0 bridgehead atoms. The Balaban J connectivity index is 2.49. The molecule has 0 heterocycles. The van der Waals surface area contributed by atoms with Gasteiger partial charge in [-0.1, -0.05) is 6.07 Å². The van der Waals surface area contributed by atoms with Crippen molar-refractivity contribution in [1.82, 2.24) is 4.90 Å². The van der Waals surface area contributed by atoms with E-state index in [1.54, 1.807) is 0 Å². The molecule has 0 fully saturated rings. The van der Waals surface area contributed by atoms with Gasteiger partial charge < -0.3 is 15.4 Å². The van der Waals surface area contributed by atoms with Gasteiger partial charge in [0, 0.05) is 12.6 Å². The third-order valence-electron chi connectivity index (χ3n) is 2.49. The summed E-state index contributed by atoms with van der Waals surface area (Å²) in [5.41, 5.74) is 6.93. The predicted octanol–water partition coefficient (Wildman–Crippen LogP) is 2.80. The van der Waals surface area contributed by atoms with Crippen LogP contribution in [0.1, 0.15) is 24.9 Å². The second-order valence-corrected chi connectivity index (χ2v) is 5.34. The predicted molar refractivity (Wildman–Crippen MR) is 75.4 cm³/mol. The second-order valence-electron chi connectivity index (χ2n) is 4.48. The molecule has 1 rings (SSSR count). The van der Waals surface area contributed by atoms with Crippen molar-refractivity contribution in [2.75, 3.05) is 27.2 Å². The molecule has 0 aliphatic heterocycles. The number of ether oxygens (including phenoxy) is 1. The Labute approximate surface area is 112 Å². The summed E-state index contributed by atoms with van der Waals surface area (Å²) in [6.07, 6.45) is 1.02. The SMILES string of the molecule is C[C@@H](N)c1ccc(OCCCN(C)C)c(Br)c1. The first-order chi connectivity index (χ1) is 8.00. The summed E-state index contributed by atoms with van der Waals surface area (Å²) in [4.78, 5) is 2.15. The monoisotopic (exact) mass is 300 g/mol. The Kier molecular flexibility index (Phi) is 5.95. The summed E-state index contributed by atoms with van der Waals surface area (Å²) in [5.74, 6) is 0.883. The molecular formula is C13H21BrN2O. The molecule has 0 aliphatic carbocycles. The zero-order valence-electron chi connectivity index (χ0n) is 10.7. The maximum atomic E-state index is 5.82. The summed E-state index contributed by atoms with van der Waals surface area (Å²) >= 11 is 3.51. The molecule has 4 heteroatoms. The zero-order valence-corrected chi connectivity index (χ0v) is 12.3. The van der Waals surface area contributed by atoms with E-state index in [1.165, 1.54) is 0 Å². The summed E-state index contributed by atoms with van der Waals surface area (Å²) in [6.45, 7) is 3.74. The van der Waals surface area contributed by atoms with Crippen molar-refractivity contribution in [3.05, 3.63) is 28.2 Å². The first-order valence-corrected chi connectivity index (χ1v) is 6.62. The normalized spacial score (nSPS) is 12.8. The standard InChI is InChI=1S/C13H21BrN2O/c1-10(15)11-5-6-13(12(14)9-11)17-8-4-7-16(2)3/h5-6,9-10H,4,7-8,15H2,1-3H3/t10-/m1/s1. The van der Waals surface area contributed by atoms with Gasteiger partial charge in [0.1, 0.15) is 5.75 Å². The summed E-state index contributed by atoms with van der Waals surface area (Å²) < 4.78 is 6.68. The quantitative estimate of drug-likeness (QED) is 0.821. The molecule has 1 aromatic rings. The molecule has 0 spiro atoms. The molecule has 3 nitrogen and oxygen atoms in total. The van der Waals surface area contributed by atoms with Crippen LogP contribution in [0.3, 0.4) is 0 Å². The van der Waals surface area contributed by atoms with E-state index >= 15 is 0 Å². The molecule has 0 amide bonds. The van der Waals surface area contributed by atoms with Gasteiger partial charge in [0.05, 0.1) is 11.1 Å². The topological polar surface area (TPSA) is 38.5 Å². The number of hydrogen-bond donors (Lipinski definition) is 1. The number of nitrogens with two attached hydrogens (primary N) is 1. The Morgan fingerprint density at radius 2 is 2.12 bits per heavy atom. The van der Waals surface area contributed by atoms with E-state index in [-0.39, 0.29) is 6.04 Å². The van der Waals surface area contributed by atoms with Gasteiger partial charge in [-0.2, -0.15) is 0 Å². The minimum atomic E-state index is 0.0501. The highest BCUT2D eigenvalue weighted by Crippen LogP contribution is 2.27. The van der Waals surface area contributed by atoms with Crippen LogP contribution in [-0.4, -0.2) is 32.1 Å². The molecule has 1 atom stereocenters. The minimum Gasteiger partial charge on any atom is -0.492 e. The van der Waals surface area contributed by atoms with Crippen LogP contribution in [0, 0.1) is 0 Å². The number of rotatable bonds is 6. The van der Waals surface area contributed by atoms with Gasteiger partial charge in [-0.05, 0) is 61.1 Å². The first-order valence-electron chi connectivity index (χ1n) is 5.83. The fourth-order valence-corrected chi connectivity index (χ4v) is 1.99. The van der Waals surface area contributed by atoms with E-state index in [4.69, 9.17) is 10.5 Å². The number of nitrogens with zero attached hydrogens (tertiary/aromatic N) is 1.